The maximum atomic E-state index is 13.2. The second kappa shape index (κ2) is 10.2. The molecular weight excluding hydrogens is 355 g/mol. The van der Waals surface area contributed by atoms with E-state index in [1.165, 1.54) is 17.7 Å². The van der Waals surface area contributed by atoms with E-state index in [2.05, 4.69) is 27.7 Å². The van der Waals surface area contributed by atoms with Crippen LogP contribution in [0, 0.1) is 5.82 Å². The van der Waals surface area contributed by atoms with Crippen molar-refractivity contribution >= 4 is 0 Å². The summed E-state index contributed by atoms with van der Waals surface area (Å²) in [5, 5.41) is 10.2. The Labute approximate surface area is 165 Å². The lowest BCUT2D eigenvalue weighted by atomic mass is 10.2. The molecule has 3 aromatic rings. The number of benzene rings is 2. The van der Waals surface area contributed by atoms with E-state index in [0.717, 1.165) is 17.8 Å². The van der Waals surface area contributed by atoms with Gasteiger partial charge in [-0.2, -0.15) is 0 Å². The Morgan fingerprint density at radius 2 is 1.71 bits per heavy atom. The van der Waals surface area contributed by atoms with Gasteiger partial charge in [-0.1, -0.05) is 42.5 Å². The fraction of sp³-hybridized carbons (Fsp3) is 0.304. The van der Waals surface area contributed by atoms with Crippen LogP contribution in [0.5, 0.6) is 0 Å². The van der Waals surface area contributed by atoms with Crippen LogP contribution in [0.2, 0.25) is 0 Å². The lowest BCUT2D eigenvalue weighted by Crippen LogP contribution is -2.34. The summed E-state index contributed by atoms with van der Waals surface area (Å²) in [6.07, 6.45) is 1.49. The number of aromatic nitrogens is 1. The SMILES string of the molecule is COC[C@H](O)CN(Cc1ccccc1)Cc1cccn1Cc1ccc(F)cc1. The molecule has 1 aromatic heterocycles. The third-order valence-electron chi connectivity index (χ3n) is 4.65. The Hall–Kier alpha value is -2.47. The summed E-state index contributed by atoms with van der Waals surface area (Å²) in [6, 6.07) is 20.9. The Morgan fingerprint density at radius 1 is 0.964 bits per heavy atom. The van der Waals surface area contributed by atoms with Crippen LogP contribution in [0.15, 0.2) is 72.9 Å². The first-order valence-electron chi connectivity index (χ1n) is 9.46. The van der Waals surface area contributed by atoms with E-state index in [1.807, 2.05) is 42.6 Å². The standard InChI is InChI=1S/C23H27FN2O2/c1-28-18-23(27)17-25(14-19-6-3-2-4-7-19)16-22-8-5-13-26(22)15-20-9-11-21(24)12-10-20/h2-13,23,27H,14-18H2,1H3/t23-/m1/s1. The third-order valence-corrected chi connectivity index (χ3v) is 4.65. The van der Waals surface area contributed by atoms with Gasteiger partial charge in [0.1, 0.15) is 5.82 Å². The topological polar surface area (TPSA) is 37.6 Å². The molecule has 1 atom stereocenters. The average Bonchev–Trinajstić information content (AvgIpc) is 3.11. The summed E-state index contributed by atoms with van der Waals surface area (Å²) >= 11 is 0. The largest absolute Gasteiger partial charge is 0.389 e. The highest BCUT2D eigenvalue weighted by atomic mass is 19.1. The van der Waals surface area contributed by atoms with Gasteiger partial charge in [0.15, 0.2) is 0 Å². The summed E-state index contributed by atoms with van der Waals surface area (Å²) in [6.45, 7) is 2.95. The van der Waals surface area contributed by atoms with Crippen molar-refractivity contribution in [2.45, 2.75) is 25.7 Å². The fourth-order valence-corrected chi connectivity index (χ4v) is 3.33. The lowest BCUT2D eigenvalue weighted by Gasteiger charge is -2.25. The normalized spacial score (nSPS) is 12.4. The molecule has 1 heterocycles. The first-order chi connectivity index (χ1) is 13.6. The maximum absolute atomic E-state index is 13.2. The molecule has 0 radical (unpaired) electrons. The van der Waals surface area contributed by atoms with Gasteiger partial charge >= 0.3 is 0 Å². The Balaban J connectivity index is 1.72. The minimum absolute atomic E-state index is 0.224. The van der Waals surface area contributed by atoms with Crippen LogP contribution < -0.4 is 0 Å². The molecule has 1 N–H and O–H groups in total. The van der Waals surface area contributed by atoms with Crippen LogP contribution in [-0.4, -0.2) is 40.9 Å². The molecule has 3 rings (SSSR count). The lowest BCUT2D eigenvalue weighted by molar-refractivity contribution is 0.0333. The van der Waals surface area contributed by atoms with Crippen molar-refractivity contribution in [3.63, 3.8) is 0 Å². The average molecular weight is 382 g/mol. The Morgan fingerprint density at radius 3 is 2.43 bits per heavy atom. The highest BCUT2D eigenvalue weighted by Gasteiger charge is 2.15. The van der Waals surface area contributed by atoms with E-state index < -0.39 is 6.10 Å². The predicted octanol–water partition coefficient (Wildman–Crippen LogP) is 3.69. The summed E-state index contributed by atoms with van der Waals surface area (Å²) in [7, 11) is 1.60. The van der Waals surface area contributed by atoms with Gasteiger partial charge in [0.05, 0.1) is 12.7 Å². The van der Waals surface area contributed by atoms with Crippen molar-refractivity contribution in [3.05, 3.63) is 95.6 Å². The first kappa shape index (κ1) is 20.3. The molecule has 0 aliphatic rings. The van der Waals surface area contributed by atoms with E-state index in [1.54, 1.807) is 7.11 Å². The zero-order valence-corrected chi connectivity index (χ0v) is 16.2. The molecule has 4 nitrogen and oxygen atoms in total. The van der Waals surface area contributed by atoms with Crippen LogP contribution in [0.1, 0.15) is 16.8 Å². The number of halogens is 1. The number of methoxy groups -OCH3 is 1. The van der Waals surface area contributed by atoms with Crippen molar-refractivity contribution in [3.8, 4) is 0 Å². The van der Waals surface area contributed by atoms with Crippen LogP contribution in [-0.2, 0) is 24.4 Å². The van der Waals surface area contributed by atoms with Crippen LogP contribution in [0.4, 0.5) is 4.39 Å². The van der Waals surface area contributed by atoms with Crippen molar-refractivity contribution in [2.24, 2.45) is 0 Å². The van der Waals surface area contributed by atoms with Crippen molar-refractivity contribution in [1.29, 1.82) is 0 Å². The quantitative estimate of drug-likeness (QED) is 0.581. The highest BCUT2D eigenvalue weighted by molar-refractivity contribution is 5.19. The minimum atomic E-state index is -0.547. The van der Waals surface area contributed by atoms with E-state index >= 15 is 0 Å². The molecular formula is C23H27FN2O2. The highest BCUT2D eigenvalue weighted by Crippen LogP contribution is 2.14. The summed E-state index contributed by atoms with van der Waals surface area (Å²) < 4.78 is 20.4. The summed E-state index contributed by atoms with van der Waals surface area (Å²) in [5.41, 5.74) is 3.39. The van der Waals surface area contributed by atoms with E-state index in [9.17, 15) is 9.50 Å². The fourth-order valence-electron chi connectivity index (χ4n) is 3.33. The van der Waals surface area contributed by atoms with Gasteiger partial charge < -0.3 is 14.4 Å². The zero-order valence-electron chi connectivity index (χ0n) is 16.2. The summed E-state index contributed by atoms with van der Waals surface area (Å²) in [5.74, 6) is -0.224. The van der Waals surface area contributed by atoms with Gasteiger partial charge in [-0.3, -0.25) is 4.90 Å². The zero-order chi connectivity index (χ0) is 19.8. The summed E-state index contributed by atoms with van der Waals surface area (Å²) in [4.78, 5) is 2.22. The number of hydrogen-bond acceptors (Lipinski definition) is 3. The van der Waals surface area contributed by atoms with Crippen molar-refractivity contribution in [2.75, 3.05) is 20.3 Å². The first-order valence-corrected chi connectivity index (χ1v) is 9.46. The molecule has 0 aliphatic carbocycles. The van der Waals surface area contributed by atoms with Crippen molar-refractivity contribution < 1.29 is 14.2 Å². The van der Waals surface area contributed by atoms with Gasteiger partial charge in [0, 0.05) is 45.2 Å². The molecule has 0 spiro atoms. The van der Waals surface area contributed by atoms with Crippen LogP contribution in [0.3, 0.4) is 0 Å². The molecule has 0 aliphatic heterocycles. The number of aliphatic hydroxyl groups is 1. The molecule has 0 bridgehead atoms. The van der Waals surface area contributed by atoms with E-state index in [4.69, 9.17) is 4.74 Å². The second-order valence-electron chi connectivity index (χ2n) is 7.02. The third kappa shape index (κ3) is 6.02. The molecule has 2 aromatic carbocycles. The number of hydrogen-bond donors (Lipinski definition) is 1. The second-order valence-corrected chi connectivity index (χ2v) is 7.02. The molecule has 0 unspecified atom stereocenters. The number of ether oxygens (including phenoxy) is 1. The number of nitrogens with zero attached hydrogens (tertiary/aromatic N) is 2. The van der Waals surface area contributed by atoms with Gasteiger partial charge in [-0.25, -0.2) is 4.39 Å². The van der Waals surface area contributed by atoms with E-state index in [0.29, 0.717) is 26.2 Å². The number of rotatable bonds is 10. The monoisotopic (exact) mass is 382 g/mol. The molecule has 0 fully saturated rings. The molecule has 0 amide bonds. The number of aliphatic hydroxyl groups excluding tert-OH is 1. The van der Waals surface area contributed by atoms with Crippen LogP contribution in [0.25, 0.3) is 0 Å². The maximum Gasteiger partial charge on any atom is 0.123 e. The van der Waals surface area contributed by atoms with E-state index in [-0.39, 0.29) is 5.82 Å². The predicted molar refractivity (Wildman–Crippen MR) is 108 cm³/mol. The van der Waals surface area contributed by atoms with Gasteiger partial charge in [-0.15, -0.1) is 0 Å². The molecule has 148 valence electrons. The van der Waals surface area contributed by atoms with Gasteiger partial charge in [0.2, 0.25) is 0 Å². The molecule has 0 saturated heterocycles. The molecule has 28 heavy (non-hydrogen) atoms. The Bertz CT molecular complexity index is 833. The Kier molecular flexibility index (Phi) is 7.37. The van der Waals surface area contributed by atoms with Crippen molar-refractivity contribution in [1.82, 2.24) is 9.47 Å². The smallest absolute Gasteiger partial charge is 0.123 e. The van der Waals surface area contributed by atoms with Gasteiger partial charge in [-0.05, 0) is 35.4 Å². The minimum Gasteiger partial charge on any atom is -0.389 e. The molecule has 0 saturated carbocycles. The molecule has 5 heteroatoms. The van der Waals surface area contributed by atoms with Gasteiger partial charge in [0.25, 0.3) is 0 Å². The van der Waals surface area contributed by atoms with Crippen LogP contribution >= 0.6 is 0 Å².